The van der Waals surface area contributed by atoms with Gasteiger partial charge in [-0.25, -0.2) is 4.79 Å². The summed E-state index contributed by atoms with van der Waals surface area (Å²) in [7, 11) is 1.33. The van der Waals surface area contributed by atoms with Crippen LogP contribution in [0.1, 0.15) is 40.5 Å². The molecule has 182 valence electrons. The predicted octanol–water partition coefficient (Wildman–Crippen LogP) is 5.63. The molecular formula is C22H24Cl2N4O4S2. The van der Waals surface area contributed by atoms with Gasteiger partial charge in [0.15, 0.2) is 11.0 Å². The summed E-state index contributed by atoms with van der Waals surface area (Å²) in [6.07, 6.45) is 0.670. The van der Waals surface area contributed by atoms with Crippen LogP contribution in [0.25, 0.3) is 0 Å². The van der Waals surface area contributed by atoms with Crippen LogP contribution in [0, 0.1) is 6.92 Å². The summed E-state index contributed by atoms with van der Waals surface area (Å²) in [5, 5.41) is 13.2. The van der Waals surface area contributed by atoms with Gasteiger partial charge in [0.1, 0.15) is 17.4 Å². The van der Waals surface area contributed by atoms with Crippen LogP contribution in [-0.4, -0.2) is 39.5 Å². The van der Waals surface area contributed by atoms with Gasteiger partial charge in [0.25, 0.3) is 0 Å². The summed E-state index contributed by atoms with van der Waals surface area (Å²) in [5.74, 6) is 0.479. The Labute approximate surface area is 215 Å². The summed E-state index contributed by atoms with van der Waals surface area (Å²) in [4.78, 5) is 25.9. The molecule has 2 heterocycles. The highest BCUT2D eigenvalue weighted by molar-refractivity contribution is 7.99. The lowest BCUT2D eigenvalue weighted by Gasteiger charge is -2.10. The van der Waals surface area contributed by atoms with Gasteiger partial charge in [-0.05, 0) is 44.0 Å². The average molecular weight is 543 g/mol. The van der Waals surface area contributed by atoms with Crippen LogP contribution in [0.4, 0.5) is 5.00 Å². The quantitative estimate of drug-likeness (QED) is 0.262. The van der Waals surface area contributed by atoms with E-state index >= 15 is 0 Å². The molecule has 0 atom stereocenters. The summed E-state index contributed by atoms with van der Waals surface area (Å²) in [6.45, 7) is 6.59. The Morgan fingerprint density at radius 1 is 1.24 bits per heavy atom. The zero-order valence-corrected chi connectivity index (χ0v) is 22.3. The fourth-order valence-electron chi connectivity index (χ4n) is 3.29. The van der Waals surface area contributed by atoms with E-state index in [4.69, 9.17) is 32.7 Å². The van der Waals surface area contributed by atoms with Gasteiger partial charge in [0, 0.05) is 16.4 Å². The normalized spacial score (nSPS) is 10.9. The topological polar surface area (TPSA) is 95.3 Å². The summed E-state index contributed by atoms with van der Waals surface area (Å²) in [6, 6.07) is 4.99. The molecule has 0 saturated heterocycles. The highest BCUT2D eigenvalue weighted by Crippen LogP contribution is 2.34. The highest BCUT2D eigenvalue weighted by Gasteiger charge is 2.23. The molecule has 0 aliphatic heterocycles. The second-order valence-corrected chi connectivity index (χ2v) is 10.0. The number of aromatic nitrogens is 3. The summed E-state index contributed by atoms with van der Waals surface area (Å²) < 4.78 is 12.5. The second-order valence-electron chi connectivity index (χ2n) is 7.03. The van der Waals surface area contributed by atoms with Crippen LogP contribution in [0.2, 0.25) is 10.0 Å². The minimum Gasteiger partial charge on any atom is -0.484 e. The van der Waals surface area contributed by atoms with Crippen LogP contribution in [0.3, 0.4) is 0 Å². The molecule has 0 aliphatic rings. The van der Waals surface area contributed by atoms with E-state index in [2.05, 4.69) is 15.5 Å². The first-order valence-electron chi connectivity index (χ1n) is 10.4. The van der Waals surface area contributed by atoms with Gasteiger partial charge in [0.05, 0.1) is 23.4 Å². The van der Waals surface area contributed by atoms with E-state index < -0.39 is 5.97 Å². The molecule has 0 radical (unpaired) electrons. The maximum Gasteiger partial charge on any atom is 0.341 e. The van der Waals surface area contributed by atoms with Crippen LogP contribution in [-0.2, 0) is 29.1 Å². The van der Waals surface area contributed by atoms with Gasteiger partial charge in [-0.15, -0.1) is 21.5 Å². The standard InChI is InChI=1S/C22H24Cl2N4O4S2/c1-5-14-12(3)34-20(19(14)21(30)31-4)25-18(29)11-33-22-27-26-17(28(22)6-2)10-32-16-8-7-13(23)9-15(16)24/h7-9H,5-6,10-11H2,1-4H3,(H,25,29). The molecule has 0 aliphatic carbocycles. The second kappa shape index (κ2) is 11.9. The molecule has 8 nitrogen and oxygen atoms in total. The molecule has 0 saturated carbocycles. The number of methoxy groups -OCH3 is 1. The fourth-order valence-corrected chi connectivity index (χ4v) is 5.72. The van der Waals surface area contributed by atoms with E-state index in [1.54, 1.807) is 18.2 Å². The lowest BCUT2D eigenvalue weighted by Crippen LogP contribution is -2.17. The molecule has 3 aromatic rings. The number of hydrogen-bond donors (Lipinski definition) is 1. The Balaban J connectivity index is 1.65. The number of ether oxygens (including phenoxy) is 2. The molecule has 0 unspecified atom stereocenters. The van der Waals surface area contributed by atoms with Crippen LogP contribution in [0.15, 0.2) is 23.4 Å². The van der Waals surface area contributed by atoms with E-state index in [1.165, 1.54) is 30.2 Å². The zero-order chi connectivity index (χ0) is 24.8. The molecule has 1 N–H and O–H groups in total. The smallest absolute Gasteiger partial charge is 0.341 e. The Hall–Kier alpha value is -2.27. The third-order valence-corrected chi connectivity index (χ3v) is 7.46. The molecular weight excluding hydrogens is 519 g/mol. The monoisotopic (exact) mass is 542 g/mol. The van der Waals surface area contributed by atoms with Gasteiger partial charge in [0.2, 0.25) is 5.91 Å². The molecule has 2 aromatic heterocycles. The third kappa shape index (κ3) is 6.04. The number of thiophene rings is 1. The van der Waals surface area contributed by atoms with Crippen molar-refractivity contribution in [3.8, 4) is 5.75 Å². The first kappa shape index (κ1) is 26.3. The minimum atomic E-state index is -0.458. The molecule has 3 rings (SSSR count). The van der Waals surface area contributed by atoms with E-state index in [0.29, 0.717) is 50.3 Å². The number of nitrogens with zero attached hydrogens (tertiary/aromatic N) is 3. The number of benzene rings is 1. The van der Waals surface area contributed by atoms with Crippen molar-refractivity contribution >= 4 is 63.2 Å². The average Bonchev–Trinajstić information content (AvgIpc) is 3.35. The molecule has 34 heavy (non-hydrogen) atoms. The number of halogens is 2. The van der Waals surface area contributed by atoms with Gasteiger partial charge in [-0.3, -0.25) is 4.79 Å². The lowest BCUT2D eigenvalue weighted by atomic mass is 10.1. The van der Waals surface area contributed by atoms with Crippen molar-refractivity contribution in [1.29, 1.82) is 0 Å². The number of amides is 1. The molecule has 12 heteroatoms. The minimum absolute atomic E-state index is 0.0982. The molecule has 1 aromatic carbocycles. The Morgan fingerprint density at radius 2 is 2.00 bits per heavy atom. The number of carbonyl (C=O) groups excluding carboxylic acids is 2. The van der Waals surface area contributed by atoms with E-state index in [1.807, 2.05) is 25.3 Å². The number of nitrogens with one attached hydrogen (secondary N) is 1. The Kier molecular flexibility index (Phi) is 9.24. The first-order valence-corrected chi connectivity index (χ1v) is 13.0. The van der Waals surface area contributed by atoms with Crippen molar-refractivity contribution in [1.82, 2.24) is 14.8 Å². The van der Waals surface area contributed by atoms with Crippen LogP contribution in [0.5, 0.6) is 5.75 Å². The third-order valence-electron chi connectivity index (χ3n) is 4.90. The number of esters is 1. The number of anilines is 1. The number of hydrogen-bond acceptors (Lipinski definition) is 8. The van der Waals surface area contributed by atoms with Crippen molar-refractivity contribution in [2.45, 2.75) is 45.5 Å². The maximum atomic E-state index is 12.7. The van der Waals surface area contributed by atoms with Gasteiger partial charge >= 0.3 is 5.97 Å². The largest absolute Gasteiger partial charge is 0.484 e. The lowest BCUT2D eigenvalue weighted by molar-refractivity contribution is -0.113. The Morgan fingerprint density at radius 3 is 2.65 bits per heavy atom. The van der Waals surface area contributed by atoms with Crippen molar-refractivity contribution < 1.29 is 19.1 Å². The van der Waals surface area contributed by atoms with Crippen molar-refractivity contribution in [3.05, 3.63) is 50.1 Å². The molecule has 0 fully saturated rings. The van der Waals surface area contributed by atoms with Crippen molar-refractivity contribution in [3.63, 3.8) is 0 Å². The Bertz CT molecular complexity index is 1200. The van der Waals surface area contributed by atoms with Gasteiger partial charge in [-0.1, -0.05) is 41.9 Å². The van der Waals surface area contributed by atoms with Crippen molar-refractivity contribution in [2.24, 2.45) is 0 Å². The number of rotatable bonds is 10. The molecule has 0 spiro atoms. The number of aryl methyl sites for hydroxylation is 1. The zero-order valence-electron chi connectivity index (χ0n) is 19.1. The predicted molar refractivity (Wildman–Crippen MR) is 136 cm³/mol. The van der Waals surface area contributed by atoms with Crippen LogP contribution >= 0.6 is 46.3 Å². The summed E-state index contributed by atoms with van der Waals surface area (Å²) in [5.41, 5.74) is 1.30. The summed E-state index contributed by atoms with van der Waals surface area (Å²) >= 11 is 14.7. The SMILES string of the molecule is CCc1c(C)sc(NC(=O)CSc2nnc(COc3ccc(Cl)cc3Cl)n2CC)c1C(=O)OC. The maximum absolute atomic E-state index is 12.7. The number of carbonyl (C=O) groups is 2. The first-order chi connectivity index (χ1) is 16.3. The highest BCUT2D eigenvalue weighted by atomic mass is 35.5. The van der Waals surface area contributed by atoms with E-state index in [9.17, 15) is 9.59 Å². The van der Waals surface area contributed by atoms with Crippen LogP contribution < -0.4 is 10.1 Å². The fraction of sp³-hybridized carbons (Fsp3) is 0.364. The number of thioether (sulfide) groups is 1. The van der Waals surface area contributed by atoms with E-state index in [0.717, 1.165) is 10.4 Å². The van der Waals surface area contributed by atoms with Crippen molar-refractivity contribution in [2.75, 3.05) is 18.2 Å². The molecule has 1 amide bonds. The van der Waals surface area contributed by atoms with Gasteiger partial charge in [-0.2, -0.15) is 0 Å². The van der Waals surface area contributed by atoms with Gasteiger partial charge < -0.3 is 19.4 Å². The molecule has 0 bridgehead atoms. The van der Waals surface area contributed by atoms with E-state index in [-0.39, 0.29) is 18.3 Å².